The lowest BCUT2D eigenvalue weighted by Gasteiger charge is -2.08. The lowest BCUT2D eigenvalue weighted by atomic mass is 10.2. The molecule has 144 valence electrons. The first kappa shape index (κ1) is 18.5. The van der Waals surface area contributed by atoms with Gasteiger partial charge in [0.25, 0.3) is 0 Å². The molecule has 1 heterocycles. The molecular formula is C20H22N6OS. The smallest absolute Gasteiger partial charge is 0.319 e. The summed E-state index contributed by atoms with van der Waals surface area (Å²) in [6.45, 7) is 0.623. The van der Waals surface area contributed by atoms with Gasteiger partial charge in [0.15, 0.2) is 5.82 Å². The van der Waals surface area contributed by atoms with Gasteiger partial charge in [-0.3, -0.25) is 0 Å². The number of hydrogen-bond acceptors (Lipinski definition) is 5. The Hall–Kier alpha value is -2.87. The molecule has 7 nitrogen and oxygen atoms in total. The second-order valence-electron chi connectivity index (χ2n) is 6.67. The van der Waals surface area contributed by atoms with E-state index in [1.165, 1.54) is 5.56 Å². The first-order valence-electron chi connectivity index (χ1n) is 9.34. The highest BCUT2D eigenvalue weighted by molar-refractivity contribution is 7.98. The summed E-state index contributed by atoms with van der Waals surface area (Å²) in [4.78, 5) is 12.0. The molecule has 4 rings (SSSR count). The second kappa shape index (κ2) is 8.88. The van der Waals surface area contributed by atoms with E-state index in [1.807, 2.05) is 47.1 Å². The average Bonchev–Trinajstić information content (AvgIpc) is 3.46. The molecule has 2 amide bonds. The molecule has 28 heavy (non-hydrogen) atoms. The van der Waals surface area contributed by atoms with Crippen LogP contribution in [0.4, 0.5) is 10.5 Å². The fourth-order valence-electron chi connectivity index (χ4n) is 2.83. The van der Waals surface area contributed by atoms with Crippen molar-refractivity contribution in [2.24, 2.45) is 0 Å². The van der Waals surface area contributed by atoms with E-state index in [2.05, 4.69) is 38.3 Å². The van der Waals surface area contributed by atoms with Crippen LogP contribution in [0, 0.1) is 0 Å². The zero-order chi connectivity index (χ0) is 19.2. The van der Waals surface area contributed by atoms with E-state index in [-0.39, 0.29) is 6.03 Å². The topological polar surface area (TPSA) is 84.7 Å². The van der Waals surface area contributed by atoms with Crippen LogP contribution >= 0.6 is 11.8 Å². The molecule has 3 aromatic rings. The quantitative estimate of drug-likeness (QED) is 0.569. The van der Waals surface area contributed by atoms with Crippen molar-refractivity contribution in [3.8, 4) is 11.4 Å². The molecule has 8 heteroatoms. The summed E-state index contributed by atoms with van der Waals surface area (Å²) < 4.78 is 1.88. The maximum atomic E-state index is 12.0. The van der Waals surface area contributed by atoms with Crippen LogP contribution in [-0.4, -0.2) is 38.5 Å². The van der Waals surface area contributed by atoms with Gasteiger partial charge in [-0.25, -0.2) is 9.48 Å². The lowest BCUT2D eigenvalue weighted by molar-refractivity contribution is 0.252. The highest BCUT2D eigenvalue weighted by Crippen LogP contribution is 2.36. The van der Waals surface area contributed by atoms with Crippen LogP contribution < -0.4 is 10.6 Å². The van der Waals surface area contributed by atoms with Crippen molar-refractivity contribution in [3.63, 3.8) is 0 Å². The normalized spacial score (nSPS) is 13.3. The summed E-state index contributed by atoms with van der Waals surface area (Å²) in [7, 11) is 0. The molecule has 0 unspecified atom stereocenters. The van der Waals surface area contributed by atoms with Gasteiger partial charge in [0.1, 0.15) is 0 Å². The number of amides is 2. The van der Waals surface area contributed by atoms with Crippen LogP contribution in [0.3, 0.4) is 0 Å². The minimum atomic E-state index is -0.198. The molecule has 2 aromatic carbocycles. The second-order valence-corrected chi connectivity index (χ2v) is 7.78. The number of carbonyl (C=O) groups excluding carboxylic acids is 1. The van der Waals surface area contributed by atoms with E-state index < -0.39 is 0 Å². The highest BCUT2D eigenvalue weighted by atomic mass is 32.2. The average molecular weight is 395 g/mol. The third-order valence-electron chi connectivity index (χ3n) is 4.43. The number of hydrogen-bond donors (Lipinski definition) is 2. The van der Waals surface area contributed by atoms with Crippen molar-refractivity contribution in [1.82, 2.24) is 25.5 Å². The van der Waals surface area contributed by atoms with Gasteiger partial charge in [-0.15, -0.1) is 5.10 Å². The van der Waals surface area contributed by atoms with Gasteiger partial charge in [0.2, 0.25) is 0 Å². The predicted octanol–water partition coefficient (Wildman–Crippen LogP) is 3.73. The molecule has 0 atom stereocenters. The number of carbonyl (C=O) groups is 1. The molecule has 0 aliphatic heterocycles. The monoisotopic (exact) mass is 394 g/mol. The zero-order valence-corrected chi connectivity index (χ0v) is 16.2. The number of anilines is 1. The summed E-state index contributed by atoms with van der Waals surface area (Å²) in [6, 6.07) is 18.1. The van der Waals surface area contributed by atoms with Gasteiger partial charge in [0, 0.05) is 29.3 Å². The molecule has 1 aromatic heterocycles. The third-order valence-corrected chi connectivity index (χ3v) is 5.46. The van der Waals surface area contributed by atoms with Gasteiger partial charge in [-0.05, 0) is 53.1 Å². The largest absolute Gasteiger partial charge is 0.337 e. The zero-order valence-electron chi connectivity index (χ0n) is 15.4. The predicted molar refractivity (Wildman–Crippen MR) is 111 cm³/mol. The summed E-state index contributed by atoms with van der Waals surface area (Å²) in [5, 5.41) is 17.7. The van der Waals surface area contributed by atoms with Gasteiger partial charge >= 0.3 is 6.03 Å². The van der Waals surface area contributed by atoms with Crippen LogP contribution in [0.5, 0.6) is 0 Å². The minimum Gasteiger partial charge on any atom is -0.337 e. The van der Waals surface area contributed by atoms with Crippen LogP contribution in [0.1, 0.15) is 24.4 Å². The molecule has 0 bridgehead atoms. The number of rotatable bonds is 8. The molecule has 2 N–H and O–H groups in total. The van der Waals surface area contributed by atoms with Gasteiger partial charge in [-0.1, -0.05) is 30.3 Å². The Morgan fingerprint density at radius 1 is 1.11 bits per heavy atom. The summed E-state index contributed by atoms with van der Waals surface area (Å²) in [6.07, 6.45) is 2.25. The Balaban J connectivity index is 1.21. The van der Waals surface area contributed by atoms with E-state index in [1.54, 1.807) is 11.8 Å². The van der Waals surface area contributed by atoms with Gasteiger partial charge < -0.3 is 10.6 Å². The van der Waals surface area contributed by atoms with E-state index in [9.17, 15) is 4.79 Å². The number of benzene rings is 2. The Morgan fingerprint density at radius 3 is 2.64 bits per heavy atom. The SMILES string of the molecule is O=C(NCCSCc1ccccc1)Nc1ccc(-c2nnnn2C2CC2)cc1. The molecule has 1 fully saturated rings. The van der Waals surface area contributed by atoms with Gasteiger partial charge in [0.05, 0.1) is 6.04 Å². The summed E-state index contributed by atoms with van der Waals surface area (Å²) in [5.41, 5.74) is 2.98. The van der Waals surface area contributed by atoms with Crippen molar-refractivity contribution < 1.29 is 4.79 Å². The molecule has 1 aliphatic carbocycles. The van der Waals surface area contributed by atoms with Crippen LogP contribution in [0.25, 0.3) is 11.4 Å². The first-order valence-corrected chi connectivity index (χ1v) is 10.5. The Morgan fingerprint density at radius 2 is 1.89 bits per heavy atom. The molecule has 1 saturated carbocycles. The van der Waals surface area contributed by atoms with Crippen LogP contribution in [0.2, 0.25) is 0 Å². The Labute approximate surface area is 167 Å². The fourth-order valence-corrected chi connectivity index (χ4v) is 3.65. The van der Waals surface area contributed by atoms with Gasteiger partial charge in [-0.2, -0.15) is 11.8 Å². The van der Waals surface area contributed by atoms with Crippen molar-refractivity contribution in [3.05, 3.63) is 60.2 Å². The van der Waals surface area contributed by atoms with E-state index in [0.29, 0.717) is 12.6 Å². The van der Waals surface area contributed by atoms with Crippen molar-refractivity contribution in [2.75, 3.05) is 17.6 Å². The Kier molecular flexibility index (Phi) is 5.86. The molecule has 0 spiro atoms. The Bertz CT molecular complexity index is 908. The van der Waals surface area contributed by atoms with E-state index in [4.69, 9.17) is 0 Å². The van der Waals surface area contributed by atoms with Crippen molar-refractivity contribution in [1.29, 1.82) is 0 Å². The van der Waals surface area contributed by atoms with Crippen LogP contribution in [0.15, 0.2) is 54.6 Å². The third kappa shape index (κ3) is 4.89. The number of nitrogens with zero attached hydrogens (tertiary/aromatic N) is 4. The minimum absolute atomic E-state index is 0.198. The standard InChI is InChI=1S/C20H22N6OS/c27-20(21-12-13-28-14-15-4-2-1-3-5-15)22-17-8-6-16(7-9-17)19-23-24-25-26(19)18-10-11-18/h1-9,18H,10-14H2,(H2,21,22,27). The van der Waals surface area contributed by atoms with Crippen LogP contribution in [-0.2, 0) is 5.75 Å². The number of urea groups is 1. The van der Waals surface area contributed by atoms with Crippen molar-refractivity contribution >= 4 is 23.5 Å². The van der Waals surface area contributed by atoms with Crippen molar-refractivity contribution in [2.45, 2.75) is 24.6 Å². The number of aromatic nitrogens is 4. The van der Waals surface area contributed by atoms with E-state index in [0.717, 1.165) is 41.4 Å². The number of thioether (sulfide) groups is 1. The molecule has 1 aliphatic rings. The summed E-state index contributed by atoms with van der Waals surface area (Å²) in [5.74, 6) is 2.59. The fraction of sp³-hybridized carbons (Fsp3) is 0.300. The maximum absolute atomic E-state index is 12.0. The molecular weight excluding hydrogens is 372 g/mol. The number of tetrazole rings is 1. The first-order chi connectivity index (χ1) is 13.8. The molecule has 0 radical (unpaired) electrons. The highest BCUT2D eigenvalue weighted by Gasteiger charge is 2.28. The van der Waals surface area contributed by atoms with E-state index >= 15 is 0 Å². The molecule has 0 saturated heterocycles. The maximum Gasteiger partial charge on any atom is 0.319 e. The lowest BCUT2D eigenvalue weighted by Crippen LogP contribution is -2.30. The number of nitrogens with one attached hydrogen (secondary N) is 2. The summed E-state index contributed by atoms with van der Waals surface area (Å²) >= 11 is 1.80.